The van der Waals surface area contributed by atoms with E-state index < -0.39 is 23.3 Å². The summed E-state index contributed by atoms with van der Waals surface area (Å²) in [6.45, 7) is 18.1. The first-order chi connectivity index (χ1) is 39.9. The smallest absolute Gasteiger partial charge is 0.410 e. The molecule has 2 aromatic heterocycles. The molecule has 1 N–H and O–H groups in total. The third-order valence-corrected chi connectivity index (χ3v) is 17.9. The molecule has 1 spiro atoms. The number of anilines is 2. The molecule has 18 nitrogen and oxygen atoms in total. The summed E-state index contributed by atoms with van der Waals surface area (Å²) in [7, 11) is 1.49. The molecule has 5 aliphatic heterocycles. The highest BCUT2D eigenvalue weighted by molar-refractivity contribution is 6.07. The van der Waals surface area contributed by atoms with Gasteiger partial charge in [0.15, 0.2) is 12.6 Å². The fourth-order valence-corrected chi connectivity index (χ4v) is 13.6. The topological polar surface area (TPSA) is 175 Å². The van der Waals surface area contributed by atoms with Crippen molar-refractivity contribution in [3.05, 3.63) is 77.0 Å². The summed E-state index contributed by atoms with van der Waals surface area (Å²) in [5, 5.41) is 3.57. The molecule has 83 heavy (non-hydrogen) atoms. The second-order valence-corrected chi connectivity index (χ2v) is 24.9. The maximum absolute atomic E-state index is 17.6. The van der Waals surface area contributed by atoms with Crippen molar-refractivity contribution in [1.82, 2.24) is 39.9 Å². The number of aromatic nitrogens is 3. The molecular weight excluding hydrogens is 1060 g/mol. The zero-order valence-electron chi connectivity index (χ0n) is 48.6. The van der Waals surface area contributed by atoms with Gasteiger partial charge in [0.1, 0.15) is 34.2 Å². The van der Waals surface area contributed by atoms with Gasteiger partial charge in [-0.1, -0.05) is 25.0 Å². The number of hydrogen-bond acceptors (Lipinski definition) is 14. The van der Waals surface area contributed by atoms with Crippen LogP contribution in [0.2, 0.25) is 0 Å². The number of nitrogens with one attached hydrogen (secondary N) is 1. The average Bonchev–Trinajstić information content (AvgIpc) is 2.88. The Kier molecular flexibility index (Phi) is 16.5. The lowest BCUT2D eigenvalue weighted by Gasteiger charge is -2.47. The zero-order valence-corrected chi connectivity index (χ0v) is 48.6. The van der Waals surface area contributed by atoms with Gasteiger partial charge < -0.3 is 38.5 Å². The van der Waals surface area contributed by atoms with Crippen LogP contribution in [0, 0.1) is 48.2 Å². The molecular formula is C63H76F2N10O8. The van der Waals surface area contributed by atoms with Gasteiger partial charge in [0.05, 0.1) is 29.6 Å². The van der Waals surface area contributed by atoms with E-state index in [9.17, 15) is 19.2 Å². The number of terminal acetylenes is 1. The maximum Gasteiger partial charge on any atom is 0.410 e. The van der Waals surface area contributed by atoms with Gasteiger partial charge in [0.25, 0.3) is 5.91 Å². The lowest BCUT2D eigenvalue weighted by molar-refractivity contribution is -0.120. The molecule has 3 unspecified atom stereocenters. The Hall–Kier alpha value is -7.21. The SMILES string of the molecule is C#Cc1c(F)ccc2cc(OCOC)cc(-c3ncc4c(N5CC6CCC(C5)N6C(=O)OC(C)(C)C)nc(OCC(C)CN5CCN(CC6CCC7(CC6)CCN(C(=O)c6ccc(C)c(N8CCC(=O)NC8=O)c6)CC7)CC5)nc4c3F)c12. The third-order valence-electron chi connectivity index (χ3n) is 17.9. The number of benzene rings is 3. The fourth-order valence-electron chi connectivity index (χ4n) is 13.6. The molecule has 3 atom stereocenters. The van der Waals surface area contributed by atoms with Gasteiger partial charge >= 0.3 is 18.1 Å². The van der Waals surface area contributed by atoms with Crippen molar-refractivity contribution in [2.75, 3.05) is 102 Å². The number of urea groups is 1. The van der Waals surface area contributed by atoms with Crippen molar-refractivity contribution in [3.8, 4) is 35.4 Å². The highest BCUT2D eigenvalue weighted by atomic mass is 19.1. The molecule has 1 aliphatic carbocycles. The van der Waals surface area contributed by atoms with Crippen LogP contribution in [0.15, 0.2) is 48.7 Å². The molecule has 0 radical (unpaired) electrons. The molecule has 440 valence electrons. The number of carbonyl (C=O) groups is 4. The Bertz CT molecular complexity index is 3330. The second-order valence-electron chi connectivity index (χ2n) is 24.9. The second kappa shape index (κ2) is 23.8. The zero-order chi connectivity index (χ0) is 58.3. The quantitative estimate of drug-likeness (QED) is 0.0823. The van der Waals surface area contributed by atoms with E-state index in [0.29, 0.717) is 58.0 Å². The highest BCUT2D eigenvalue weighted by Gasteiger charge is 2.46. The summed E-state index contributed by atoms with van der Waals surface area (Å²) in [6.07, 6.45) is 15.6. The molecule has 6 aliphatic rings. The standard InChI is InChI=1S/C63H76F2N10O8/c1-8-47-50(64)14-11-42-29-46(82-38-80-7)31-48(53(42)47)55-54(65)56-49(32-66-55)57(73-35-44-12-13-45(36-73)75(44)61(79)83-62(4,5)6)69-59(68-56)81-37-39(2)33-70-25-27-71(28-26-70)34-41-15-18-63(19-16-41)20-23-72(24-21-63)58(77)43-10-9-40(3)51(30-43)74-22-17-52(76)67-60(74)78/h1,9-11,14,29-32,39,41,44-45H,12-13,15-28,33-38H2,2-7H3,(H,67,76,78). The fraction of sp³-hybridized carbons (Fsp3) is 0.540. The van der Waals surface area contributed by atoms with E-state index in [2.05, 4.69) is 37.8 Å². The van der Waals surface area contributed by atoms with Gasteiger partial charge in [-0.05, 0) is 132 Å². The normalized spacial score (nSPS) is 21.1. The summed E-state index contributed by atoms with van der Waals surface area (Å²) < 4.78 is 56.2. The van der Waals surface area contributed by atoms with Crippen molar-refractivity contribution in [2.24, 2.45) is 17.3 Å². The van der Waals surface area contributed by atoms with Gasteiger partial charge in [-0.25, -0.2) is 18.4 Å². The third kappa shape index (κ3) is 12.3. The molecule has 6 fully saturated rings. The molecule has 3 aromatic carbocycles. The maximum atomic E-state index is 17.6. The van der Waals surface area contributed by atoms with Crippen molar-refractivity contribution in [3.63, 3.8) is 0 Å². The number of hydrogen-bond donors (Lipinski definition) is 1. The number of piperidine rings is 1. The van der Waals surface area contributed by atoms with Crippen molar-refractivity contribution in [2.45, 2.75) is 110 Å². The van der Waals surface area contributed by atoms with Crippen LogP contribution in [0.1, 0.15) is 107 Å². The number of aryl methyl sites for hydroxylation is 1. The number of nitrogens with zero attached hydrogens (tertiary/aromatic N) is 9. The molecule has 2 bridgehead atoms. The lowest BCUT2D eigenvalue weighted by Crippen LogP contribution is -2.57. The number of carbonyl (C=O) groups excluding carboxylic acids is 4. The van der Waals surface area contributed by atoms with Crippen molar-refractivity contribution >= 4 is 57.1 Å². The number of ether oxygens (including phenoxy) is 4. The first kappa shape index (κ1) is 57.6. The first-order valence-corrected chi connectivity index (χ1v) is 29.4. The van der Waals surface area contributed by atoms with Gasteiger partial charge in [0.2, 0.25) is 5.91 Å². The Morgan fingerprint density at radius 3 is 2.30 bits per heavy atom. The van der Waals surface area contributed by atoms with E-state index >= 15 is 8.78 Å². The molecule has 5 aromatic rings. The number of halogens is 2. The van der Waals surface area contributed by atoms with Gasteiger partial charge in [0, 0.05) is 120 Å². The van der Waals surface area contributed by atoms with Gasteiger partial charge in [-0.2, -0.15) is 9.97 Å². The largest absolute Gasteiger partial charge is 0.468 e. The van der Waals surface area contributed by atoms with Crippen LogP contribution < -0.4 is 24.6 Å². The summed E-state index contributed by atoms with van der Waals surface area (Å²) in [5.74, 6) is 2.28. The molecule has 11 rings (SSSR count). The van der Waals surface area contributed by atoms with Crippen molar-refractivity contribution < 1.29 is 46.9 Å². The van der Waals surface area contributed by atoms with Crippen LogP contribution in [0.5, 0.6) is 11.8 Å². The summed E-state index contributed by atoms with van der Waals surface area (Å²) >= 11 is 0. The monoisotopic (exact) mass is 1140 g/mol. The van der Waals surface area contributed by atoms with E-state index in [0.717, 1.165) is 83.6 Å². The minimum Gasteiger partial charge on any atom is -0.468 e. The van der Waals surface area contributed by atoms with E-state index in [1.54, 1.807) is 29.2 Å². The lowest BCUT2D eigenvalue weighted by atomic mass is 9.65. The van der Waals surface area contributed by atoms with Crippen LogP contribution in [0.4, 0.5) is 29.9 Å². The molecule has 1 saturated carbocycles. The molecule has 7 heterocycles. The number of methoxy groups -OCH3 is 1. The van der Waals surface area contributed by atoms with Gasteiger partial charge in [-0.15, -0.1) is 6.42 Å². The number of amides is 5. The number of imide groups is 1. The predicted octanol–water partition coefficient (Wildman–Crippen LogP) is 9.18. The van der Waals surface area contributed by atoms with E-state index in [4.69, 9.17) is 35.3 Å². The average molecular weight is 1140 g/mol. The number of piperazine rings is 2. The highest BCUT2D eigenvalue weighted by Crippen LogP contribution is 2.47. The molecule has 5 amide bonds. The van der Waals surface area contributed by atoms with E-state index in [1.807, 2.05) is 49.6 Å². The van der Waals surface area contributed by atoms with Gasteiger partial charge in [-0.3, -0.25) is 29.7 Å². The summed E-state index contributed by atoms with van der Waals surface area (Å²) in [6, 6.07) is 10.9. The van der Waals surface area contributed by atoms with Crippen LogP contribution in [0.3, 0.4) is 0 Å². The first-order valence-electron chi connectivity index (χ1n) is 29.4. The Morgan fingerprint density at radius 1 is 0.892 bits per heavy atom. The number of likely N-dealkylation sites (tertiary alicyclic amines) is 1. The van der Waals surface area contributed by atoms with Crippen LogP contribution >= 0.6 is 0 Å². The Morgan fingerprint density at radius 2 is 1.61 bits per heavy atom. The Labute approximate surface area is 484 Å². The van der Waals surface area contributed by atoms with Crippen LogP contribution in [-0.4, -0.2) is 169 Å². The molecule has 5 saturated heterocycles. The molecule has 20 heteroatoms. The predicted molar refractivity (Wildman–Crippen MR) is 311 cm³/mol. The van der Waals surface area contributed by atoms with Crippen LogP contribution in [-0.2, 0) is 14.3 Å². The number of rotatable bonds is 14. The summed E-state index contributed by atoms with van der Waals surface area (Å²) in [4.78, 5) is 78.6. The number of fused-ring (bicyclic) bond motifs is 4. The minimum atomic E-state index is -0.764. The summed E-state index contributed by atoms with van der Waals surface area (Å²) in [5.41, 5.74) is 1.77. The van der Waals surface area contributed by atoms with Crippen LogP contribution in [0.25, 0.3) is 32.9 Å². The van der Waals surface area contributed by atoms with E-state index in [1.165, 1.54) is 45.1 Å². The number of pyridine rings is 1. The van der Waals surface area contributed by atoms with E-state index in [-0.39, 0.29) is 96.0 Å². The minimum absolute atomic E-state index is 0.00993. The Balaban J connectivity index is 0.721. The van der Waals surface area contributed by atoms with Crippen molar-refractivity contribution in [1.29, 1.82) is 0 Å².